The molecule has 0 saturated carbocycles. The quantitative estimate of drug-likeness (QED) is 0.308. The number of benzene rings is 2. The van der Waals surface area contributed by atoms with Crippen molar-refractivity contribution >= 4 is 17.3 Å². The third kappa shape index (κ3) is 4.18. The largest absolute Gasteiger partial charge is 0.451 e. The summed E-state index contributed by atoms with van der Waals surface area (Å²) in [5, 5.41) is 13.0. The molecule has 0 amide bonds. The molecule has 3 heterocycles. The highest BCUT2D eigenvalue weighted by atomic mass is 32.1. The van der Waals surface area contributed by atoms with Gasteiger partial charge in [0.25, 0.3) is 11.8 Å². The van der Waals surface area contributed by atoms with E-state index in [0.717, 1.165) is 16.1 Å². The molecule has 0 unspecified atom stereocenters. The Morgan fingerprint density at radius 3 is 2.39 bits per heavy atom. The Hall–Kier alpha value is -4.11. The van der Waals surface area contributed by atoms with Gasteiger partial charge in [-0.05, 0) is 13.8 Å². The summed E-state index contributed by atoms with van der Waals surface area (Å²) in [4.78, 5) is 17.6. The van der Waals surface area contributed by atoms with Gasteiger partial charge in [-0.1, -0.05) is 65.8 Å². The zero-order chi connectivity index (χ0) is 22.8. The minimum atomic E-state index is -0.488. The number of rotatable bonds is 6. The number of ether oxygens (including phenoxy) is 1. The molecule has 0 fully saturated rings. The van der Waals surface area contributed by atoms with Crippen LogP contribution in [0.1, 0.15) is 27.0 Å². The van der Waals surface area contributed by atoms with Crippen LogP contribution in [-0.2, 0) is 11.3 Å². The van der Waals surface area contributed by atoms with Crippen molar-refractivity contribution in [2.75, 3.05) is 0 Å². The first-order chi connectivity index (χ1) is 16.1. The van der Waals surface area contributed by atoms with Crippen LogP contribution in [0.25, 0.3) is 33.3 Å². The predicted molar refractivity (Wildman–Crippen MR) is 121 cm³/mol. The van der Waals surface area contributed by atoms with Gasteiger partial charge in [0.1, 0.15) is 26.9 Å². The molecule has 2 aromatic carbocycles. The molecule has 0 saturated heterocycles. The van der Waals surface area contributed by atoms with E-state index < -0.39 is 5.97 Å². The Balaban J connectivity index is 1.32. The lowest BCUT2D eigenvalue weighted by Gasteiger charge is -2.00. The van der Waals surface area contributed by atoms with Crippen LogP contribution in [-0.4, -0.2) is 26.3 Å². The summed E-state index contributed by atoms with van der Waals surface area (Å²) in [7, 11) is 0. The van der Waals surface area contributed by atoms with Crippen molar-refractivity contribution in [3.05, 3.63) is 82.9 Å². The van der Waals surface area contributed by atoms with Crippen molar-refractivity contribution < 1.29 is 18.5 Å². The lowest BCUT2D eigenvalue weighted by atomic mass is 10.1. The topological polar surface area (TPSA) is 104 Å². The number of hydrogen-bond acceptors (Lipinski definition) is 9. The molecular formula is C24H18N4O4S. The highest BCUT2D eigenvalue weighted by molar-refractivity contribution is 7.17. The number of esters is 1. The predicted octanol–water partition coefficient (Wildman–Crippen LogP) is 5.49. The highest BCUT2D eigenvalue weighted by Crippen LogP contribution is 2.33. The van der Waals surface area contributed by atoms with Crippen molar-refractivity contribution in [2.45, 2.75) is 20.5 Å². The fourth-order valence-corrected chi connectivity index (χ4v) is 4.28. The maximum absolute atomic E-state index is 12.6. The van der Waals surface area contributed by atoms with Crippen molar-refractivity contribution in [3.63, 3.8) is 0 Å². The van der Waals surface area contributed by atoms with E-state index in [1.54, 1.807) is 13.8 Å². The first-order valence-corrected chi connectivity index (χ1v) is 11.0. The van der Waals surface area contributed by atoms with Gasteiger partial charge in [-0.3, -0.25) is 0 Å². The summed E-state index contributed by atoms with van der Waals surface area (Å²) in [5.41, 5.74) is 3.64. The fourth-order valence-electron chi connectivity index (χ4n) is 3.31. The first kappa shape index (κ1) is 20.8. The Morgan fingerprint density at radius 2 is 1.67 bits per heavy atom. The number of hydrogen-bond donors (Lipinski definition) is 0. The van der Waals surface area contributed by atoms with Crippen LogP contribution >= 0.6 is 11.3 Å². The molecule has 0 bridgehead atoms. The minimum Gasteiger partial charge on any atom is -0.451 e. The normalized spacial score (nSPS) is 11.0. The molecule has 0 radical (unpaired) electrons. The lowest BCUT2D eigenvalue weighted by molar-refractivity contribution is 0.0443. The van der Waals surface area contributed by atoms with Crippen molar-refractivity contribution in [3.8, 4) is 33.3 Å². The van der Waals surface area contributed by atoms with Gasteiger partial charge in [-0.2, -0.15) is 0 Å². The Kier molecular flexibility index (Phi) is 5.54. The monoisotopic (exact) mass is 458 g/mol. The lowest BCUT2D eigenvalue weighted by Crippen LogP contribution is -2.05. The van der Waals surface area contributed by atoms with Gasteiger partial charge in [-0.15, -0.1) is 21.5 Å². The van der Waals surface area contributed by atoms with E-state index >= 15 is 0 Å². The molecule has 0 aliphatic rings. The summed E-state index contributed by atoms with van der Waals surface area (Å²) in [5.74, 6) is 0.482. The molecule has 3 aromatic heterocycles. The molecular weight excluding hydrogens is 440 g/mol. The number of aryl methyl sites for hydroxylation is 2. The summed E-state index contributed by atoms with van der Waals surface area (Å²) >= 11 is 1.29. The SMILES string of the molecule is Cc1nc(-c2ccccc2)sc1C(=O)OCc1nnc(-c2c(-c3ccccc3)noc2C)o1. The molecule has 33 heavy (non-hydrogen) atoms. The molecule has 5 rings (SSSR count). The number of aromatic nitrogens is 4. The van der Waals surface area contributed by atoms with Gasteiger partial charge in [0, 0.05) is 11.1 Å². The second-order valence-corrected chi connectivity index (χ2v) is 8.20. The summed E-state index contributed by atoms with van der Waals surface area (Å²) in [6.45, 7) is 3.40. The zero-order valence-corrected chi connectivity index (χ0v) is 18.6. The number of nitrogens with zero attached hydrogens (tertiary/aromatic N) is 4. The molecule has 0 N–H and O–H groups in total. The molecule has 0 atom stereocenters. The summed E-state index contributed by atoms with van der Waals surface area (Å²) < 4.78 is 16.5. The zero-order valence-electron chi connectivity index (χ0n) is 17.8. The summed E-state index contributed by atoms with van der Waals surface area (Å²) in [6.07, 6.45) is 0. The van der Waals surface area contributed by atoms with E-state index in [0.29, 0.717) is 27.6 Å². The molecule has 0 spiro atoms. The van der Waals surface area contributed by atoms with Crippen LogP contribution in [0, 0.1) is 13.8 Å². The second-order valence-electron chi connectivity index (χ2n) is 7.21. The third-order valence-corrected chi connectivity index (χ3v) is 6.11. The van der Waals surface area contributed by atoms with Crippen molar-refractivity contribution in [1.82, 2.24) is 20.3 Å². The maximum Gasteiger partial charge on any atom is 0.350 e. The molecule has 8 nitrogen and oxygen atoms in total. The average molecular weight is 458 g/mol. The van der Waals surface area contributed by atoms with Crippen LogP contribution < -0.4 is 0 Å². The van der Waals surface area contributed by atoms with Gasteiger partial charge in [0.15, 0.2) is 6.61 Å². The Labute approximate surface area is 192 Å². The van der Waals surface area contributed by atoms with Crippen LogP contribution in [0.4, 0.5) is 0 Å². The van der Waals surface area contributed by atoms with E-state index in [-0.39, 0.29) is 18.4 Å². The highest BCUT2D eigenvalue weighted by Gasteiger charge is 2.23. The smallest absolute Gasteiger partial charge is 0.350 e. The molecule has 9 heteroatoms. The molecule has 0 aliphatic heterocycles. The average Bonchev–Trinajstić information content (AvgIpc) is 3.57. The molecule has 5 aromatic rings. The minimum absolute atomic E-state index is 0.158. The van der Waals surface area contributed by atoms with E-state index in [1.807, 2.05) is 60.7 Å². The van der Waals surface area contributed by atoms with Gasteiger partial charge in [0.05, 0.1) is 5.69 Å². The first-order valence-electron chi connectivity index (χ1n) is 10.1. The fraction of sp³-hybridized carbons (Fsp3) is 0.125. The standard InChI is InChI=1S/C24H18N4O4S/c1-14-21(33-23(25-14)17-11-7-4-8-12-17)24(29)30-13-18-26-27-22(31-18)19-15(2)32-28-20(19)16-9-5-3-6-10-16/h3-12H,13H2,1-2H3. The number of thiazole rings is 1. The number of carbonyl (C=O) groups is 1. The van der Waals surface area contributed by atoms with Gasteiger partial charge in [0.2, 0.25) is 0 Å². The second kappa shape index (κ2) is 8.79. The van der Waals surface area contributed by atoms with E-state index in [2.05, 4.69) is 20.3 Å². The Morgan fingerprint density at radius 1 is 0.970 bits per heavy atom. The van der Waals surface area contributed by atoms with Crippen LogP contribution in [0.3, 0.4) is 0 Å². The van der Waals surface area contributed by atoms with Crippen LogP contribution in [0.15, 0.2) is 69.6 Å². The van der Waals surface area contributed by atoms with Gasteiger partial charge < -0.3 is 13.7 Å². The van der Waals surface area contributed by atoms with E-state index in [4.69, 9.17) is 13.7 Å². The number of carbonyl (C=O) groups excluding carboxylic acids is 1. The maximum atomic E-state index is 12.6. The van der Waals surface area contributed by atoms with Gasteiger partial charge in [-0.25, -0.2) is 9.78 Å². The van der Waals surface area contributed by atoms with Crippen LogP contribution in [0.5, 0.6) is 0 Å². The van der Waals surface area contributed by atoms with Crippen molar-refractivity contribution in [1.29, 1.82) is 0 Å². The van der Waals surface area contributed by atoms with E-state index in [9.17, 15) is 4.79 Å². The van der Waals surface area contributed by atoms with Crippen molar-refractivity contribution in [2.24, 2.45) is 0 Å². The Bertz CT molecular complexity index is 1410. The third-order valence-electron chi connectivity index (χ3n) is 4.92. The molecule has 0 aliphatic carbocycles. The summed E-state index contributed by atoms with van der Waals surface area (Å²) in [6, 6.07) is 19.3. The van der Waals surface area contributed by atoms with E-state index in [1.165, 1.54) is 11.3 Å². The molecule has 164 valence electrons. The van der Waals surface area contributed by atoms with Gasteiger partial charge >= 0.3 is 5.97 Å². The van der Waals surface area contributed by atoms with Crippen LogP contribution in [0.2, 0.25) is 0 Å².